The molecule has 0 aromatic carbocycles. The van der Waals surface area contributed by atoms with Gasteiger partial charge in [0.1, 0.15) is 0 Å². The smallest absolute Gasteiger partial charge is 0.317 e. The average Bonchev–Trinajstić information content (AvgIpc) is 1.14. The van der Waals surface area contributed by atoms with Crippen LogP contribution in [0.1, 0.15) is 20.8 Å². The fraction of sp³-hybridized carbons (Fsp3) is 1.00. The van der Waals surface area contributed by atoms with Gasteiger partial charge in [-0.15, -0.1) is 0 Å². The van der Waals surface area contributed by atoms with E-state index in [1.807, 2.05) is 0 Å². The van der Waals surface area contributed by atoms with E-state index in [-0.39, 0.29) is 0 Å². The fourth-order valence-corrected chi connectivity index (χ4v) is 1.81. The van der Waals surface area contributed by atoms with Gasteiger partial charge in [-0.25, -0.2) is 4.57 Å². The topological polar surface area (TPSA) is 46.5 Å². The van der Waals surface area contributed by atoms with Crippen molar-refractivity contribution in [2.45, 2.75) is 26.4 Å². The van der Waals surface area contributed by atoms with Gasteiger partial charge in [-0.1, -0.05) is 12.2 Å². The van der Waals surface area contributed by atoms with E-state index >= 15 is 0 Å². The lowest BCUT2D eigenvalue weighted by molar-refractivity contribution is 0.120. The third-order valence-electron chi connectivity index (χ3n) is 0.393. The second-order valence-electron chi connectivity index (χ2n) is 2.69. The molecule has 0 rings (SSSR count). The van der Waals surface area contributed by atoms with Crippen molar-refractivity contribution >= 4 is 19.0 Å². The van der Waals surface area contributed by atoms with Crippen LogP contribution >= 0.6 is 19.0 Å². The average molecular weight is 170 g/mol. The van der Waals surface area contributed by atoms with Crippen molar-refractivity contribution in [1.82, 2.24) is 0 Å². The molecule has 0 aliphatic carbocycles. The second kappa shape index (κ2) is 2.62. The summed E-state index contributed by atoms with van der Waals surface area (Å²) in [5.74, 6) is 0. The van der Waals surface area contributed by atoms with Crippen LogP contribution in [0.5, 0.6) is 0 Å². The van der Waals surface area contributed by atoms with E-state index in [2.05, 4.69) is 16.8 Å². The van der Waals surface area contributed by atoms with Gasteiger partial charge < -0.3 is 4.89 Å². The Balaban J connectivity index is 3.90. The van der Waals surface area contributed by atoms with Gasteiger partial charge in [-0.05, 0) is 20.8 Å². The summed E-state index contributed by atoms with van der Waals surface area (Å²) in [4.78, 5) is 8.55. The van der Waals surface area contributed by atoms with E-state index < -0.39 is 12.4 Å². The Bertz CT molecular complexity index is 133. The van der Waals surface area contributed by atoms with Crippen LogP contribution in [0.4, 0.5) is 0 Å². The van der Waals surface area contributed by atoms with Crippen molar-refractivity contribution in [3.05, 3.63) is 0 Å². The summed E-state index contributed by atoms with van der Waals surface area (Å²) in [5.41, 5.74) is -0.605. The number of hydrogen-bond acceptors (Lipinski definition) is 2. The maximum Gasteiger partial charge on any atom is 0.384 e. The molecule has 0 bridgehead atoms. The Morgan fingerprint density at radius 3 is 1.89 bits per heavy atom. The molecule has 1 atom stereocenters. The Kier molecular flexibility index (Phi) is 2.77. The normalized spacial score (nSPS) is 19.2. The molecule has 0 spiro atoms. The molecule has 0 heterocycles. The lowest BCUT2D eigenvalue weighted by Crippen LogP contribution is -2.15. The van der Waals surface area contributed by atoms with Gasteiger partial charge in [0.2, 0.25) is 0 Å². The van der Waals surface area contributed by atoms with Crippen molar-refractivity contribution < 1.29 is 14.0 Å². The standard InChI is InChI=1S/C4H11O3PS/c1-4(2,3)7-8(5,6)9/h1-3H3,(H2,5,6,9). The van der Waals surface area contributed by atoms with Crippen molar-refractivity contribution in [2.75, 3.05) is 0 Å². The molecule has 0 saturated carbocycles. The molecule has 56 valence electrons. The van der Waals surface area contributed by atoms with Crippen LogP contribution in [-0.2, 0) is 9.09 Å². The van der Waals surface area contributed by atoms with Gasteiger partial charge >= 0.3 is 6.80 Å². The van der Waals surface area contributed by atoms with Crippen LogP contribution < -0.4 is 0 Å². The van der Waals surface area contributed by atoms with Crippen molar-refractivity contribution in [1.29, 1.82) is 0 Å². The molecule has 5 heteroatoms. The van der Waals surface area contributed by atoms with Gasteiger partial charge in [0, 0.05) is 0 Å². The van der Waals surface area contributed by atoms with Crippen LogP contribution in [-0.4, -0.2) is 10.5 Å². The third-order valence-corrected chi connectivity index (χ3v) is 1.42. The van der Waals surface area contributed by atoms with E-state index in [0.717, 1.165) is 0 Å². The number of hydrogen-bond donors (Lipinski definition) is 2. The zero-order valence-corrected chi connectivity index (χ0v) is 7.45. The lowest BCUT2D eigenvalue weighted by atomic mass is 10.2. The van der Waals surface area contributed by atoms with Gasteiger partial charge in [0.15, 0.2) is 0 Å². The van der Waals surface area contributed by atoms with Gasteiger partial charge in [-0.2, -0.15) is 0 Å². The van der Waals surface area contributed by atoms with Gasteiger partial charge in [0.25, 0.3) is 0 Å². The highest BCUT2D eigenvalue weighted by atomic mass is 32.7. The van der Waals surface area contributed by atoms with E-state index in [1.165, 1.54) is 0 Å². The quantitative estimate of drug-likeness (QED) is 0.466. The molecular weight excluding hydrogens is 159 g/mol. The minimum absolute atomic E-state index is 0.605. The SMILES string of the molecule is CC(C)(C)OP(=O)(O)S. The van der Waals surface area contributed by atoms with Crippen molar-refractivity contribution in [2.24, 2.45) is 0 Å². The fourth-order valence-electron chi connectivity index (χ4n) is 0.357. The molecule has 1 unspecified atom stereocenters. The van der Waals surface area contributed by atoms with E-state index in [9.17, 15) is 4.57 Å². The van der Waals surface area contributed by atoms with Crippen LogP contribution in [0.15, 0.2) is 0 Å². The van der Waals surface area contributed by atoms with Gasteiger partial charge in [-0.3, -0.25) is 4.52 Å². The Hall–Kier alpha value is 0.500. The summed E-state index contributed by atoms with van der Waals surface area (Å²) >= 11 is 3.34. The summed E-state index contributed by atoms with van der Waals surface area (Å²) in [5, 5.41) is 0. The van der Waals surface area contributed by atoms with Gasteiger partial charge in [0.05, 0.1) is 5.60 Å². The van der Waals surface area contributed by atoms with E-state index in [0.29, 0.717) is 0 Å². The first kappa shape index (κ1) is 9.50. The molecule has 0 aliphatic rings. The number of thiol groups is 1. The molecule has 0 aliphatic heterocycles. The predicted octanol–water partition coefficient (Wildman–Crippen LogP) is 1.83. The molecule has 0 aromatic heterocycles. The summed E-state index contributed by atoms with van der Waals surface area (Å²) in [6.07, 6.45) is 0. The molecule has 0 aromatic rings. The molecule has 0 radical (unpaired) electrons. The summed E-state index contributed by atoms with van der Waals surface area (Å²) in [6, 6.07) is 0. The molecule has 0 saturated heterocycles. The Labute approximate surface area is 60.1 Å². The molecule has 0 fully saturated rings. The maximum absolute atomic E-state index is 10.4. The van der Waals surface area contributed by atoms with Crippen molar-refractivity contribution in [3.63, 3.8) is 0 Å². The van der Waals surface area contributed by atoms with Crippen LogP contribution in [0.3, 0.4) is 0 Å². The first-order valence-corrected chi connectivity index (χ1v) is 5.20. The highest BCUT2D eigenvalue weighted by Gasteiger charge is 2.22. The zero-order chi connectivity index (χ0) is 7.71. The molecule has 9 heavy (non-hydrogen) atoms. The zero-order valence-electron chi connectivity index (χ0n) is 5.66. The summed E-state index contributed by atoms with van der Waals surface area (Å²) < 4.78 is 15.0. The monoisotopic (exact) mass is 170 g/mol. The van der Waals surface area contributed by atoms with E-state index in [1.54, 1.807) is 20.8 Å². The lowest BCUT2D eigenvalue weighted by Gasteiger charge is -2.19. The molecule has 0 amide bonds. The number of rotatable bonds is 1. The molecule has 1 N–H and O–H groups in total. The minimum Gasteiger partial charge on any atom is -0.317 e. The van der Waals surface area contributed by atoms with Crippen LogP contribution in [0, 0.1) is 0 Å². The largest absolute Gasteiger partial charge is 0.384 e. The van der Waals surface area contributed by atoms with Crippen LogP contribution in [0.2, 0.25) is 0 Å². The molecular formula is C4H11O3PS. The predicted molar refractivity (Wildman–Crippen MR) is 39.6 cm³/mol. The first-order chi connectivity index (χ1) is 3.71. The third kappa shape index (κ3) is 8.50. The maximum atomic E-state index is 10.4. The minimum atomic E-state index is -3.59. The van der Waals surface area contributed by atoms with Crippen LogP contribution in [0.25, 0.3) is 0 Å². The van der Waals surface area contributed by atoms with Crippen molar-refractivity contribution in [3.8, 4) is 0 Å². The summed E-state index contributed by atoms with van der Waals surface area (Å²) in [6.45, 7) is 1.47. The Morgan fingerprint density at radius 2 is 1.89 bits per heavy atom. The summed E-state index contributed by atoms with van der Waals surface area (Å²) in [7, 11) is 0. The molecule has 3 nitrogen and oxygen atoms in total. The Morgan fingerprint density at radius 1 is 1.56 bits per heavy atom. The first-order valence-electron chi connectivity index (χ1n) is 2.47. The highest BCUT2D eigenvalue weighted by Crippen LogP contribution is 2.50. The highest BCUT2D eigenvalue weighted by molar-refractivity contribution is 8.44. The second-order valence-corrected chi connectivity index (χ2v) is 5.37. The van der Waals surface area contributed by atoms with E-state index in [4.69, 9.17) is 4.89 Å².